The Bertz CT molecular complexity index is 336. The standard InChI is InChI=1S/C13H16O2/c1-10-5-2-3-8-12-9-11(7-4-6-10)13(14)15-12/h2-3,5-6,8,11-12H,4,7,9H2,1H3. The van der Waals surface area contributed by atoms with Gasteiger partial charge in [-0.05, 0) is 25.8 Å². The summed E-state index contributed by atoms with van der Waals surface area (Å²) in [7, 11) is 0. The van der Waals surface area contributed by atoms with Crippen LogP contribution < -0.4 is 0 Å². The maximum atomic E-state index is 11.5. The number of hydrogen-bond acceptors (Lipinski definition) is 2. The molecular formula is C13H16O2. The third kappa shape index (κ3) is 2.58. The predicted octanol–water partition coefficient (Wildman–Crippen LogP) is 2.77. The fourth-order valence-electron chi connectivity index (χ4n) is 2.00. The summed E-state index contributed by atoms with van der Waals surface area (Å²) in [5.41, 5.74) is 1.26. The van der Waals surface area contributed by atoms with Crippen LogP contribution in [0.2, 0.25) is 0 Å². The summed E-state index contributed by atoms with van der Waals surface area (Å²) in [6.45, 7) is 2.08. The van der Waals surface area contributed by atoms with Crippen molar-refractivity contribution in [2.45, 2.75) is 32.3 Å². The number of fused-ring (bicyclic) bond motifs is 2. The lowest BCUT2D eigenvalue weighted by Crippen LogP contribution is -2.06. The first-order valence-electron chi connectivity index (χ1n) is 5.48. The molecule has 0 amide bonds. The van der Waals surface area contributed by atoms with Crippen LogP contribution in [0.4, 0.5) is 0 Å². The smallest absolute Gasteiger partial charge is 0.309 e. The third-order valence-electron chi connectivity index (χ3n) is 2.90. The maximum Gasteiger partial charge on any atom is 0.309 e. The molecule has 0 spiro atoms. The molecule has 1 fully saturated rings. The summed E-state index contributed by atoms with van der Waals surface area (Å²) in [4.78, 5) is 11.5. The minimum absolute atomic E-state index is 0.00874. The van der Waals surface area contributed by atoms with Gasteiger partial charge in [-0.1, -0.05) is 29.9 Å². The lowest BCUT2D eigenvalue weighted by atomic mass is 9.99. The summed E-state index contributed by atoms with van der Waals surface area (Å²) in [6.07, 6.45) is 12.9. The molecule has 0 radical (unpaired) electrons. The van der Waals surface area contributed by atoms with Gasteiger partial charge in [0.05, 0.1) is 5.92 Å². The first kappa shape index (κ1) is 10.2. The SMILES string of the molecule is CC1=CCCC2CC(C=CC=C1)OC2=O. The Kier molecular flexibility index (Phi) is 3.05. The van der Waals surface area contributed by atoms with Crippen molar-refractivity contribution in [3.8, 4) is 0 Å². The van der Waals surface area contributed by atoms with E-state index in [0.29, 0.717) is 0 Å². The van der Waals surface area contributed by atoms with Crippen LogP contribution >= 0.6 is 0 Å². The summed E-state index contributed by atoms with van der Waals surface area (Å²) >= 11 is 0. The van der Waals surface area contributed by atoms with Gasteiger partial charge in [0.15, 0.2) is 0 Å². The van der Waals surface area contributed by atoms with E-state index >= 15 is 0 Å². The van der Waals surface area contributed by atoms with Crippen molar-refractivity contribution in [1.29, 1.82) is 0 Å². The van der Waals surface area contributed by atoms with Crippen molar-refractivity contribution in [1.82, 2.24) is 0 Å². The molecule has 2 unspecified atom stereocenters. The van der Waals surface area contributed by atoms with E-state index in [9.17, 15) is 4.79 Å². The van der Waals surface area contributed by atoms with Gasteiger partial charge in [0.25, 0.3) is 0 Å². The monoisotopic (exact) mass is 204 g/mol. The molecule has 2 atom stereocenters. The molecule has 0 saturated carbocycles. The molecule has 80 valence electrons. The molecule has 2 bridgehead atoms. The molecular weight excluding hydrogens is 188 g/mol. The van der Waals surface area contributed by atoms with Crippen LogP contribution in [-0.4, -0.2) is 12.1 Å². The van der Waals surface area contributed by atoms with Gasteiger partial charge < -0.3 is 4.74 Å². The Labute approximate surface area is 90.3 Å². The molecule has 1 aliphatic carbocycles. The van der Waals surface area contributed by atoms with Crippen LogP contribution in [0.3, 0.4) is 0 Å². The van der Waals surface area contributed by atoms with Crippen LogP contribution in [0, 0.1) is 5.92 Å². The second-order valence-electron chi connectivity index (χ2n) is 4.18. The number of carbonyl (C=O) groups is 1. The Morgan fingerprint density at radius 3 is 3.13 bits per heavy atom. The Morgan fingerprint density at radius 2 is 2.27 bits per heavy atom. The first-order chi connectivity index (χ1) is 7.25. The molecule has 0 aromatic heterocycles. The lowest BCUT2D eigenvalue weighted by Gasteiger charge is -2.01. The first-order valence-corrected chi connectivity index (χ1v) is 5.48. The molecule has 0 N–H and O–H groups in total. The predicted molar refractivity (Wildman–Crippen MR) is 59.3 cm³/mol. The van der Waals surface area contributed by atoms with Gasteiger partial charge in [-0.15, -0.1) is 0 Å². The molecule has 2 rings (SSSR count). The summed E-state index contributed by atoms with van der Waals surface area (Å²) in [5, 5.41) is 0. The van der Waals surface area contributed by atoms with E-state index in [1.165, 1.54) is 5.57 Å². The number of ether oxygens (including phenoxy) is 1. The zero-order valence-electron chi connectivity index (χ0n) is 8.98. The topological polar surface area (TPSA) is 26.3 Å². The van der Waals surface area contributed by atoms with Crippen molar-refractivity contribution in [3.63, 3.8) is 0 Å². The molecule has 2 nitrogen and oxygen atoms in total. The fourth-order valence-corrected chi connectivity index (χ4v) is 2.00. The second-order valence-corrected chi connectivity index (χ2v) is 4.18. The highest BCUT2D eigenvalue weighted by Gasteiger charge is 2.32. The third-order valence-corrected chi connectivity index (χ3v) is 2.90. The molecule has 0 aromatic rings. The van der Waals surface area contributed by atoms with Gasteiger partial charge in [-0.2, -0.15) is 0 Å². The van der Waals surface area contributed by atoms with Gasteiger partial charge in [0.2, 0.25) is 0 Å². The van der Waals surface area contributed by atoms with Gasteiger partial charge in [-0.3, -0.25) is 4.79 Å². The molecule has 2 aliphatic rings. The highest BCUT2D eigenvalue weighted by atomic mass is 16.5. The van der Waals surface area contributed by atoms with Crippen LogP contribution in [0.1, 0.15) is 26.2 Å². The molecule has 1 saturated heterocycles. The Morgan fingerprint density at radius 1 is 1.40 bits per heavy atom. The molecule has 15 heavy (non-hydrogen) atoms. The van der Waals surface area contributed by atoms with Gasteiger partial charge in [-0.25, -0.2) is 0 Å². The van der Waals surface area contributed by atoms with Crippen LogP contribution in [0.5, 0.6) is 0 Å². The van der Waals surface area contributed by atoms with E-state index in [1.807, 2.05) is 18.2 Å². The van der Waals surface area contributed by atoms with Crippen molar-refractivity contribution in [2.75, 3.05) is 0 Å². The summed E-state index contributed by atoms with van der Waals surface area (Å²) in [5.74, 6) is 0.0713. The number of rotatable bonds is 0. The highest BCUT2D eigenvalue weighted by molar-refractivity contribution is 5.74. The van der Waals surface area contributed by atoms with Crippen molar-refractivity contribution >= 4 is 5.97 Å². The molecule has 1 heterocycles. The molecule has 1 aliphatic heterocycles. The van der Waals surface area contributed by atoms with E-state index in [0.717, 1.165) is 19.3 Å². The Hall–Kier alpha value is -1.31. The zero-order chi connectivity index (χ0) is 10.7. The van der Waals surface area contributed by atoms with Gasteiger partial charge in [0.1, 0.15) is 6.10 Å². The van der Waals surface area contributed by atoms with E-state index < -0.39 is 0 Å². The average molecular weight is 204 g/mol. The lowest BCUT2D eigenvalue weighted by molar-refractivity contribution is -0.143. The van der Waals surface area contributed by atoms with Crippen LogP contribution in [0.15, 0.2) is 36.0 Å². The minimum Gasteiger partial charge on any atom is -0.458 e. The maximum absolute atomic E-state index is 11.5. The van der Waals surface area contributed by atoms with Crippen molar-refractivity contribution < 1.29 is 9.53 Å². The number of carbonyl (C=O) groups excluding carboxylic acids is 1. The van der Waals surface area contributed by atoms with Crippen molar-refractivity contribution in [2.24, 2.45) is 5.92 Å². The van der Waals surface area contributed by atoms with E-state index in [2.05, 4.69) is 19.1 Å². The highest BCUT2D eigenvalue weighted by Crippen LogP contribution is 2.26. The van der Waals surface area contributed by atoms with E-state index in [-0.39, 0.29) is 18.0 Å². The Balaban J connectivity index is 2.15. The minimum atomic E-state index is -0.0275. The number of hydrogen-bond donors (Lipinski definition) is 0. The van der Waals surface area contributed by atoms with Crippen LogP contribution in [-0.2, 0) is 9.53 Å². The fraction of sp³-hybridized carbons (Fsp3) is 0.462. The van der Waals surface area contributed by atoms with Gasteiger partial charge >= 0.3 is 5.97 Å². The van der Waals surface area contributed by atoms with E-state index in [4.69, 9.17) is 4.74 Å². The second kappa shape index (κ2) is 4.47. The van der Waals surface area contributed by atoms with Gasteiger partial charge in [0, 0.05) is 6.42 Å². The largest absolute Gasteiger partial charge is 0.458 e. The number of esters is 1. The van der Waals surface area contributed by atoms with E-state index in [1.54, 1.807) is 0 Å². The molecule has 0 aromatic carbocycles. The summed E-state index contributed by atoms with van der Waals surface area (Å²) in [6, 6.07) is 0. The number of allylic oxidation sites excluding steroid dienone is 5. The normalized spacial score (nSPS) is 30.7. The van der Waals surface area contributed by atoms with Crippen molar-refractivity contribution in [3.05, 3.63) is 36.0 Å². The molecule has 2 heteroatoms. The quantitative estimate of drug-likeness (QED) is 0.567. The van der Waals surface area contributed by atoms with Crippen LogP contribution in [0.25, 0.3) is 0 Å². The average Bonchev–Trinajstić information content (AvgIpc) is 2.51. The summed E-state index contributed by atoms with van der Waals surface area (Å²) < 4.78 is 5.24. The zero-order valence-corrected chi connectivity index (χ0v) is 8.98.